The van der Waals surface area contributed by atoms with Crippen LogP contribution in [0.4, 0.5) is 5.69 Å². The van der Waals surface area contributed by atoms with Gasteiger partial charge in [-0.25, -0.2) is 0 Å². The van der Waals surface area contributed by atoms with Crippen LogP contribution < -0.4 is 5.73 Å². The topological polar surface area (TPSA) is 41.8 Å². The summed E-state index contributed by atoms with van der Waals surface area (Å²) >= 11 is 0. The Bertz CT molecular complexity index is 388. The first-order chi connectivity index (χ1) is 6.25. The normalized spacial score (nSPS) is 9.46. The van der Waals surface area contributed by atoms with Crippen molar-refractivity contribution in [2.45, 2.75) is 20.8 Å². The fraction of sp³-hybridized carbons (Fsp3) is 0.273. The van der Waals surface area contributed by atoms with Crippen LogP contribution in [0.3, 0.4) is 0 Å². The van der Waals surface area contributed by atoms with E-state index in [0.717, 1.165) is 11.2 Å². The minimum Gasteiger partial charge on any atom is -0.399 e. The lowest BCUT2D eigenvalue weighted by atomic mass is 10.2. The number of rotatable bonds is 0. The lowest BCUT2D eigenvalue weighted by Crippen LogP contribution is -1.81. The van der Waals surface area contributed by atoms with E-state index in [1.807, 2.05) is 39.0 Å². The smallest absolute Gasteiger partial charge is 0.0476 e. The molecule has 0 unspecified atom stereocenters. The number of anilines is 1. The molecule has 0 spiro atoms. The molecule has 0 radical (unpaired) electrons. The Balaban J connectivity index is 0.000000396. The van der Waals surface area contributed by atoms with Gasteiger partial charge in [0.25, 0.3) is 0 Å². The molecule has 0 saturated carbocycles. The van der Waals surface area contributed by atoms with Gasteiger partial charge >= 0.3 is 0 Å². The van der Waals surface area contributed by atoms with Gasteiger partial charge in [0.1, 0.15) is 0 Å². The number of H-pyrrole nitrogens is 1. The Morgan fingerprint density at radius 3 is 2.54 bits per heavy atom. The standard InChI is InChI=1S/C9H10N2.C2H6/c1-6-4-7-2-3-8(10)5-9(7)11-6;1-2/h2-5,11H,10H2,1H3;1-2H3. The molecule has 0 saturated heterocycles. The van der Waals surface area contributed by atoms with Crippen molar-refractivity contribution in [3.63, 3.8) is 0 Å². The number of fused-ring (bicyclic) bond motifs is 1. The van der Waals surface area contributed by atoms with Gasteiger partial charge in [0.2, 0.25) is 0 Å². The third-order valence-electron chi connectivity index (χ3n) is 1.78. The Morgan fingerprint density at radius 2 is 1.85 bits per heavy atom. The van der Waals surface area contributed by atoms with Gasteiger partial charge in [-0.15, -0.1) is 0 Å². The maximum atomic E-state index is 5.61. The maximum absolute atomic E-state index is 5.61. The highest BCUT2D eigenvalue weighted by Crippen LogP contribution is 2.17. The fourth-order valence-corrected chi connectivity index (χ4v) is 1.29. The van der Waals surface area contributed by atoms with Gasteiger partial charge in [0.15, 0.2) is 0 Å². The van der Waals surface area contributed by atoms with Crippen LogP contribution in [0.1, 0.15) is 19.5 Å². The molecule has 70 valence electrons. The first kappa shape index (κ1) is 9.65. The van der Waals surface area contributed by atoms with Crippen LogP contribution in [0.25, 0.3) is 10.9 Å². The Hall–Kier alpha value is -1.44. The minimum absolute atomic E-state index is 0.805. The van der Waals surface area contributed by atoms with Crippen molar-refractivity contribution in [3.8, 4) is 0 Å². The molecule has 0 bridgehead atoms. The van der Waals surface area contributed by atoms with Crippen LogP contribution in [0.2, 0.25) is 0 Å². The molecule has 2 aromatic rings. The second-order valence-corrected chi connectivity index (χ2v) is 2.80. The van der Waals surface area contributed by atoms with Crippen molar-refractivity contribution in [2.24, 2.45) is 0 Å². The van der Waals surface area contributed by atoms with E-state index in [0.29, 0.717) is 0 Å². The second kappa shape index (κ2) is 3.99. The number of aromatic amines is 1. The SMILES string of the molecule is CC.Cc1cc2ccc(N)cc2[nH]1. The van der Waals surface area contributed by atoms with Gasteiger partial charge in [0, 0.05) is 16.9 Å². The molecule has 0 amide bonds. The Labute approximate surface area is 78.8 Å². The van der Waals surface area contributed by atoms with E-state index >= 15 is 0 Å². The first-order valence-electron chi connectivity index (χ1n) is 4.60. The van der Waals surface area contributed by atoms with Crippen LogP contribution in [0.5, 0.6) is 0 Å². The molecular weight excluding hydrogens is 160 g/mol. The van der Waals surface area contributed by atoms with Crippen LogP contribution in [-0.2, 0) is 0 Å². The highest BCUT2D eigenvalue weighted by atomic mass is 14.7. The summed E-state index contributed by atoms with van der Waals surface area (Å²) < 4.78 is 0. The Kier molecular flexibility index (Phi) is 2.96. The van der Waals surface area contributed by atoms with Gasteiger partial charge in [-0.3, -0.25) is 0 Å². The molecule has 0 aliphatic rings. The number of nitrogens with one attached hydrogen (secondary N) is 1. The van der Waals surface area contributed by atoms with Crippen LogP contribution in [-0.4, -0.2) is 4.98 Å². The summed E-state index contributed by atoms with van der Waals surface area (Å²) in [6.45, 7) is 6.04. The van der Waals surface area contributed by atoms with E-state index in [1.54, 1.807) is 0 Å². The average Bonchev–Trinajstić information content (AvgIpc) is 2.48. The van der Waals surface area contributed by atoms with Gasteiger partial charge in [0.05, 0.1) is 0 Å². The summed E-state index contributed by atoms with van der Waals surface area (Å²) in [4.78, 5) is 3.22. The lowest BCUT2D eigenvalue weighted by Gasteiger charge is -1.91. The zero-order chi connectivity index (χ0) is 9.84. The first-order valence-corrected chi connectivity index (χ1v) is 4.60. The van der Waals surface area contributed by atoms with Crippen molar-refractivity contribution >= 4 is 16.6 Å². The van der Waals surface area contributed by atoms with Crippen molar-refractivity contribution in [1.82, 2.24) is 4.98 Å². The molecule has 1 heterocycles. The molecule has 1 aromatic carbocycles. The number of hydrogen-bond acceptors (Lipinski definition) is 1. The molecule has 13 heavy (non-hydrogen) atoms. The third-order valence-corrected chi connectivity index (χ3v) is 1.78. The number of aryl methyl sites for hydroxylation is 1. The predicted octanol–water partition coefficient (Wildman–Crippen LogP) is 3.08. The number of hydrogen-bond donors (Lipinski definition) is 2. The molecule has 0 atom stereocenters. The van der Waals surface area contributed by atoms with Crippen LogP contribution in [0, 0.1) is 6.92 Å². The molecule has 2 heteroatoms. The number of benzene rings is 1. The van der Waals surface area contributed by atoms with Crippen molar-refractivity contribution in [3.05, 3.63) is 30.0 Å². The maximum Gasteiger partial charge on any atom is 0.0476 e. The third kappa shape index (κ3) is 2.02. The molecule has 0 fully saturated rings. The average molecular weight is 176 g/mol. The zero-order valence-corrected chi connectivity index (χ0v) is 8.39. The summed E-state index contributed by atoms with van der Waals surface area (Å²) in [6.07, 6.45) is 0. The zero-order valence-electron chi connectivity index (χ0n) is 8.39. The summed E-state index contributed by atoms with van der Waals surface area (Å²) in [5.41, 5.74) is 8.70. The lowest BCUT2D eigenvalue weighted by molar-refractivity contribution is 1.30. The van der Waals surface area contributed by atoms with E-state index in [2.05, 4.69) is 11.1 Å². The minimum atomic E-state index is 0.805. The van der Waals surface area contributed by atoms with E-state index in [-0.39, 0.29) is 0 Å². The summed E-state index contributed by atoms with van der Waals surface area (Å²) in [6, 6.07) is 7.99. The number of nitrogen functional groups attached to an aromatic ring is 1. The number of aromatic nitrogens is 1. The molecule has 1 aromatic heterocycles. The van der Waals surface area contributed by atoms with Gasteiger partial charge < -0.3 is 10.7 Å². The van der Waals surface area contributed by atoms with Gasteiger partial charge in [-0.2, -0.15) is 0 Å². The Morgan fingerprint density at radius 1 is 1.15 bits per heavy atom. The molecular formula is C11H16N2. The van der Waals surface area contributed by atoms with Crippen molar-refractivity contribution in [2.75, 3.05) is 5.73 Å². The fourth-order valence-electron chi connectivity index (χ4n) is 1.29. The van der Waals surface area contributed by atoms with Crippen molar-refractivity contribution in [1.29, 1.82) is 0 Å². The van der Waals surface area contributed by atoms with E-state index in [4.69, 9.17) is 5.73 Å². The van der Waals surface area contributed by atoms with E-state index in [1.165, 1.54) is 11.1 Å². The van der Waals surface area contributed by atoms with Crippen LogP contribution >= 0.6 is 0 Å². The highest BCUT2D eigenvalue weighted by molar-refractivity contribution is 5.83. The summed E-state index contributed by atoms with van der Waals surface area (Å²) in [5, 5.41) is 1.22. The van der Waals surface area contributed by atoms with E-state index < -0.39 is 0 Å². The monoisotopic (exact) mass is 176 g/mol. The van der Waals surface area contributed by atoms with Gasteiger partial charge in [-0.1, -0.05) is 19.9 Å². The second-order valence-electron chi connectivity index (χ2n) is 2.80. The molecule has 0 aliphatic carbocycles. The van der Waals surface area contributed by atoms with Crippen molar-refractivity contribution < 1.29 is 0 Å². The van der Waals surface area contributed by atoms with Gasteiger partial charge in [-0.05, 0) is 30.5 Å². The highest BCUT2D eigenvalue weighted by Gasteiger charge is 1.95. The quantitative estimate of drug-likeness (QED) is 0.595. The number of nitrogens with two attached hydrogens (primary N) is 1. The molecule has 2 nitrogen and oxygen atoms in total. The molecule has 0 aliphatic heterocycles. The predicted molar refractivity (Wildman–Crippen MR) is 58.8 cm³/mol. The van der Waals surface area contributed by atoms with E-state index in [9.17, 15) is 0 Å². The summed E-state index contributed by atoms with van der Waals surface area (Å²) in [7, 11) is 0. The summed E-state index contributed by atoms with van der Waals surface area (Å²) in [5.74, 6) is 0. The largest absolute Gasteiger partial charge is 0.399 e. The molecule has 2 rings (SSSR count). The van der Waals surface area contributed by atoms with Crippen LogP contribution in [0.15, 0.2) is 24.3 Å². The molecule has 3 N–H and O–H groups in total.